The summed E-state index contributed by atoms with van der Waals surface area (Å²) >= 11 is 6.40. The number of carbonyl (C=O) groups is 2. The second kappa shape index (κ2) is 14.0. The molecule has 4 rings (SSSR count). The SMILES string of the molecule is C=CCN(c1cc(-c2ccccc2)ccc1F)S(=O)(=O)c1cc(C(=O)OC)cc(Cl)c1OCC(=O)OCc1ccccc1. The minimum absolute atomic E-state index is 0.0344. The van der Waals surface area contributed by atoms with Crippen molar-refractivity contribution in [1.82, 2.24) is 0 Å². The van der Waals surface area contributed by atoms with E-state index in [1.807, 2.05) is 12.1 Å². The van der Waals surface area contributed by atoms with Crippen molar-refractivity contribution in [2.24, 2.45) is 0 Å². The standard InChI is InChI=1S/C32H27ClFNO7S/c1-3-16-35(28-18-24(14-15-27(28)34)23-12-8-5-9-13-23)43(38,39)29-19-25(32(37)40-2)17-26(33)31(29)42-21-30(36)41-20-22-10-6-4-7-11-22/h3-15,17-19H,1,16,20-21H2,2H3. The number of ether oxygens (including phenoxy) is 3. The number of anilines is 1. The van der Waals surface area contributed by atoms with E-state index in [0.717, 1.165) is 40.7 Å². The first-order valence-electron chi connectivity index (χ1n) is 12.9. The van der Waals surface area contributed by atoms with Crippen molar-refractivity contribution < 1.29 is 36.6 Å². The molecule has 0 radical (unpaired) electrons. The van der Waals surface area contributed by atoms with Gasteiger partial charge in [-0.2, -0.15) is 0 Å². The van der Waals surface area contributed by atoms with Crippen LogP contribution in [0.3, 0.4) is 0 Å². The maximum Gasteiger partial charge on any atom is 0.344 e. The molecule has 222 valence electrons. The highest BCUT2D eigenvalue weighted by Gasteiger charge is 2.33. The van der Waals surface area contributed by atoms with E-state index >= 15 is 4.39 Å². The van der Waals surface area contributed by atoms with E-state index < -0.39 is 45.0 Å². The second-order valence-corrected chi connectivity index (χ2v) is 11.3. The molecule has 0 aromatic heterocycles. The topological polar surface area (TPSA) is 99.2 Å². The molecule has 0 saturated heterocycles. The molecule has 8 nitrogen and oxygen atoms in total. The van der Waals surface area contributed by atoms with E-state index in [1.165, 1.54) is 18.2 Å². The monoisotopic (exact) mass is 623 g/mol. The van der Waals surface area contributed by atoms with Crippen molar-refractivity contribution in [3.05, 3.63) is 126 Å². The lowest BCUT2D eigenvalue weighted by atomic mass is 10.1. The zero-order chi connectivity index (χ0) is 31.0. The van der Waals surface area contributed by atoms with Crippen molar-refractivity contribution in [3.8, 4) is 16.9 Å². The van der Waals surface area contributed by atoms with Gasteiger partial charge in [0.15, 0.2) is 12.4 Å². The third-order valence-electron chi connectivity index (χ3n) is 6.19. The van der Waals surface area contributed by atoms with Crippen molar-refractivity contribution in [1.29, 1.82) is 0 Å². The molecule has 0 amide bonds. The Morgan fingerprint density at radius 3 is 2.28 bits per heavy atom. The smallest absolute Gasteiger partial charge is 0.344 e. The Labute approximate surface area is 253 Å². The molecule has 0 N–H and O–H groups in total. The summed E-state index contributed by atoms with van der Waals surface area (Å²) in [5.74, 6) is -2.93. The molecule has 0 aliphatic carbocycles. The van der Waals surface area contributed by atoms with Crippen LogP contribution >= 0.6 is 11.6 Å². The third kappa shape index (κ3) is 7.40. The largest absolute Gasteiger partial charge is 0.479 e. The van der Waals surface area contributed by atoms with Crippen LogP contribution in [0.5, 0.6) is 5.75 Å². The van der Waals surface area contributed by atoms with Gasteiger partial charge in [-0.3, -0.25) is 4.31 Å². The van der Waals surface area contributed by atoms with E-state index in [1.54, 1.807) is 48.5 Å². The first kappa shape index (κ1) is 31.3. The fraction of sp³-hybridized carbons (Fsp3) is 0.125. The number of esters is 2. The number of sulfonamides is 1. The number of hydrogen-bond acceptors (Lipinski definition) is 7. The van der Waals surface area contributed by atoms with E-state index in [9.17, 15) is 18.0 Å². The van der Waals surface area contributed by atoms with Crippen LogP contribution in [0.2, 0.25) is 5.02 Å². The van der Waals surface area contributed by atoms with E-state index in [0.29, 0.717) is 5.56 Å². The van der Waals surface area contributed by atoms with Crippen molar-refractivity contribution >= 4 is 39.3 Å². The number of benzene rings is 4. The Bertz CT molecular complexity index is 1730. The van der Waals surface area contributed by atoms with Crippen LogP contribution in [0, 0.1) is 5.82 Å². The van der Waals surface area contributed by atoms with Crippen LogP contribution in [-0.2, 0) is 30.9 Å². The van der Waals surface area contributed by atoms with Gasteiger partial charge in [-0.1, -0.05) is 84.4 Å². The Morgan fingerprint density at radius 1 is 0.953 bits per heavy atom. The van der Waals surface area contributed by atoms with Crippen LogP contribution < -0.4 is 9.04 Å². The zero-order valence-electron chi connectivity index (χ0n) is 23.0. The molecular weight excluding hydrogens is 597 g/mol. The summed E-state index contributed by atoms with van der Waals surface area (Å²) in [6, 6.07) is 24.1. The van der Waals surface area contributed by atoms with Crippen molar-refractivity contribution in [2.45, 2.75) is 11.5 Å². The summed E-state index contributed by atoms with van der Waals surface area (Å²) in [5.41, 5.74) is 1.53. The van der Waals surface area contributed by atoms with E-state index in [2.05, 4.69) is 6.58 Å². The Hall–Kier alpha value is -4.67. The van der Waals surface area contributed by atoms with Gasteiger partial charge in [0.25, 0.3) is 10.0 Å². The van der Waals surface area contributed by atoms with Gasteiger partial charge in [0.1, 0.15) is 17.3 Å². The number of carbonyl (C=O) groups excluding carboxylic acids is 2. The fourth-order valence-corrected chi connectivity index (χ4v) is 6.07. The average molecular weight is 624 g/mol. The minimum atomic E-state index is -4.71. The molecule has 0 saturated carbocycles. The highest BCUT2D eigenvalue weighted by molar-refractivity contribution is 7.93. The molecule has 4 aromatic rings. The first-order valence-corrected chi connectivity index (χ1v) is 14.7. The van der Waals surface area contributed by atoms with Crippen LogP contribution in [0.4, 0.5) is 10.1 Å². The van der Waals surface area contributed by atoms with Gasteiger partial charge >= 0.3 is 11.9 Å². The van der Waals surface area contributed by atoms with E-state index in [-0.39, 0.29) is 29.4 Å². The molecule has 0 atom stereocenters. The quantitative estimate of drug-likeness (QED) is 0.132. The number of methoxy groups -OCH3 is 1. The fourth-order valence-electron chi connectivity index (χ4n) is 4.12. The summed E-state index contributed by atoms with van der Waals surface area (Å²) < 4.78 is 60.0. The highest BCUT2D eigenvalue weighted by atomic mass is 35.5. The Balaban J connectivity index is 1.74. The van der Waals surface area contributed by atoms with Gasteiger partial charge < -0.3 is 14.2 Å². The number of nitrogens with zero attached hydrogens (tertiary/aromatic N) is 1. The predicted octanol–water partition coefficient (Wildman–Crippen LogP) is 6.44. The van der Waals surface area contributed by atoms with Gasteiger partial charge in [-0.15, -0.1) is 6.58 Å². The highest BCUT2D eigenvalue weighted by Crippen LogP contribution is 2.38. The van der Waals surface area contributed by atoms with Crippen LogP contribution in [0.25, 0.3) is 11.1 Å². The number of rotatable bonds is 12. The van der Waals surface area contributed by atoms with E-state index in [4.69, 9.17) is 25.8 Å². The van der Waals surface area contributed by atoms with Gasteiger partial charge in [0, 0.05) is 0 Å². The zero-order valence-corrected chi connectivity index (χ0v) is 24.6. The first-order chi connectivity index (χ1) is 20.6. The maximum absolute atomic E-state index is 15.3. The third-order valence-corrected chi connectivity index (χ3v) is 8.26. The maximum atomic E-state index is 15.3. The van der Waals surface area contributed by atoms with Gasteiger partial charge in [-0.05, 0) is 41.0 Å². The summed E-state index contributed by atoms with van der Waals surface area (Å²) in [5, 5.41) is -0.297. The Morgan fingerprint density at radius 2 is 1.63 bits per heavy atom. The molecule has 0 unspecified atom stereocenters. The number of halogens is 2. The number of hydrogen-bond donors (Lipinski definition) is 0. The van der Waals surface area contributed by atoms with Crippen LogP contribution in [-0.4, -0.2) is 40.6 Å². The Kier molecular flexibility index (Phi) is 10.2. The summed E-state index contributed by atoms with van der Waals surface area (Å²) in [4.78, 5) is 24.3. The normalized spacial score (nSPS) is 11.0. The summed E-state index contributed by atoms with van der Waals surface area (Å²) in [7, 11) is -3.59. The molecule has 0 spiro atoms. The lowest BCUT2D eigenvalue weighted by Gasteiger charge is -2.26. The minimum Gasteiger partial charge on any atom is -0.479 e. The summed E-state index contributed by atoms with van der Waals surface area (Å²) in [6.45, 7) is 2.54. The van der Waals surface area contributed by atoms with Crippen molar-refractivity contribution in [3.63, 3.8) is 0 Å². The predicted molar refractivity (Wildman–Crippen MR) is 161 cm³/mol. The molecule has 43 heavy (non-hydrogen) atoms. The molecule has 0 aliphatic heterocycles. The molecule has 0 bridgehead atoms. The molecule has 0 aliphatic rings. The molecule has 0 fully saturated rings. The molecule has 11 heteroatoms. The van der Waals surface area contributed by atoms with Gasteiger partial charge in [0.05, 0.1) is 29.9 Å². The lowest BCUT2D eigenvalue weighted by Crippen LogP contribution is -2.32. The second-order valence-electron chi connectivity index (χ2n) is 9.07. The van der Waals surface area contributed by atoms with Crippen LogP contribution in [0.1, 0.15) is 15.9 Å². The molecule has 0 heterocycles. The molecule has 4 aromatic carbocycles. The molecular formula is C32H27ClFNO7S. The summed E-state index contributed by atoms with van der Waals surface area (Å²) in [6.07, 6.45) is 1.28. The lowest BCUT2D eigenvalue weighted by molar-refractivity contribution is -0.147. The van der Waals surface area contributed by atoms with Gasteiger partial charge in [-0.25, -0.2) is 22.4 Å². The average Bonchev–Trinajstić information content (AvgIpc) is 3.02. The van der Waals surface area contributed by atoms with Gasteiger partial charge in [0.2, 0.25) is 0 Å². The van der Waals surface area contributed by atoms with Crippen molar-refractivity contribution in [2.75, 3.05) is 24.6 Å². The van der Waals surface area contributed by atoms with Crippen LogP contribution in [0.15, 0.2) is 109 Å².